The molecule has 2 unspecified atom stereocenters. The summed E-state index contributed by atoms with van der Waals surface area (Å²) < 4.78 is 22.7. The average molecular weight is 476 g/mol. The molecule has 0 aromatic heterocycles. The van der Waals surface area contributed by atoms with Crippen LogP contribution in [0.1, 0.15) is 74.1 Å². The molecule has 34 heavy (non-hydrogen) atoms. The van der Waals surface area contributed by atoms with Crippen LogP contribution in [0.2, 0.25) is 0 Å². The minimum atomic E-state index is -0.768. The van der Waals surface area contributed by atoms with Crippen molar-refractivity contribution in [1.29, 1.82) is 0 Å². The molecule has 1 saturated heterocycles. The summed E-state index contributed by atoms with van der Waals surface area (Å²) in [7, 11) is 2.98. The van der Waals surface area contributed by atoms with E-state index in [0.29, 0.717) is 18.6 Å². The molecule has 2 heterocycles. The van der Waals surface area contributed by atoms with E-state index in [1.54, 1.807) is 27.9 Å². The van der Waals surface area contributed by atoms with E-state index in [2.05, 4.69) is 20.4 Å². The minimum absolute atomic E-state index is 0.241. The van der Waals surface area contributed by atoms with E-state index in [9.17, 15) is 9.59 Å². The van der Waals surface area contributed by atoms with Crippen molar-refractivity contribution >= 4 is 12.1 Å². The lowest BCUT2D eigenvalue weighted by atomic mass is 9.83. The smallest absolute Gasteiger partial charge is 0.411 e. The van der Waals surface area contributed by atoms with Crippen molar-refractivity contribution in [2.75, 3.05) is 20.8 Å². The molecule has 0 aliphatic carbocycles. The molecule has 190 valence electrons. The molecule has 0 bridgehead atoms. The third-order valence-corrected chi connectivity index (χ3v) is 6.30. The molecule has 0 N–H and O–H groups in total. The van der Waals surface area contributed by atoms with E-state index in [-0.39, 0.29) is 6.54 Å². The summed E-state index contributed by atoms with van der Waals surface area (Å²) in [6.07, 6.45) is 4.08. The largest absolute Gasteiger partial charge is 0.501 e. The number of rotatable bonds is 6. The maximum absolute atomic E-state index is 13.0. The van der Waals surface area contributed by atoms with Crippen LogP contribution in [0.4, 0.5) is 4.79 Å². The topological polar surface area (TPSA) is 74.3 Å². The summed E-state index contributed by atoms with van der Waals surface area (Å²) in [5.74, 6) is 1.04. The first-order valence-electron chi connectivity index (χ1n) is 11.9. The Morgan fingerprint density at radius 1 is 1.21 bits per heavy atom. The first-order valence-corrected chi connectivity index (χ1v) is 11.9. The quantitative estimate of drug-likeness (QED) is 0.274. The van der Waals surface area contributed by atoms with Gasteiger partial charge in [-0.1, -0.05) is 19.1 Å². The summed E-state index contributed by atoms with van der Waals surface area (Å²) in [5.41, 5.74) is 2.77. The molecular formula is C27H41NO6. The molecule has 2 aliphatic heterocycles. The van der Waals surface area contributed by atoms with Crippen LogP contribution in [-0.4, -0.2) is 55.0 Å². The Morgan fingerprint density at radius 3 is 2.35 bits per heavy atom. The number of amides is 1. The molecule has 0 aromatic rings. The highest BCUT2D eigenvalue weighted by atomic mass is 16.6. The Labute approximate surface area is 204 Å². The highest BCUT2D eigenvalue weighted by molar-refractivity contribution is 5.82. The fourth-order valence-corrected chi connectivity index (χ4v) is 4.38. The van der Waals surface area contributed by atoms with E-state index in [0.717, 1.165) is 35.3 Å². The summed E-state index contributed by atoms with van der Waals surface area (Å²) in [4.78, 5) is 27.0. The zero-order valence-electron chi connectivity index (χ0n) is 22.3. The zero-order chi connectivity index (χ0) is 25.8. The molecule has 0 radical (unpaired) electrons. The van der Waals surface area contributed by atoms with Gasteiger partial charge in [0, 0.05) is 12.0 Å². The van der Waals surface area contributed by atoms with Gasteiger partial charge in [-0.3, -0.25) is 4.90 Å². The van der Waals surface area contributed by atoms with Crippen LogP contribution in [-0.2, 0) is 23.7 Å². The predicted octanol–water partition coefficient (Wildman–Crippen LogP) is 5.82. The number of esters is 1. The van der Waals surface area contributed by atoms with Gasteiger partial charge in [-0.15, -0.1) is 0 Å². The monoisotopic (exact) mass is 475 g/mol. The molecule has 2 atom stereocenters. The highest BCUT2D eigenvalue weighted by Crippen LogP contribution is 2.45. The van der Waals surface area contributed by atoms with Crippen LogP contribution in [0.25, 0.3) is 0 Å². The van der Waals surface area contributed by atoms with Gasteiger partial charge in [-0.05, 0) is 78.0 Å². The first-order chi connectivity index (χ1) is 15.8. The number of carbonyl (C=O) groups excluding carboxylic acids is 2. The van der Waals surface area contributed by atoms with Crippen LogP contribution < -0.4 is 0 Å². The molecule has 1 spiro atoms. The Morgan fingerprint density at radius 2 is 1.85 bits per heavy atom. The van der Waals surface area contributed by atoms with Crippen LogP contribution in [0.3, 0.4) is 0 Å². The van der Waals surface area contributed by atoms with Gasteiger partial charge < -0.3 is 18.9 Å². The van der Waals surface area contributed by atoms with Gasteiger partial charge in [0.2, 0.25) is 0 Å². The van der Waals surface area contributed by atoms with E-state index in [1.165, 1.54) is 17.6 Å². The van der Waals surface area contributed by atoms with Gasteiger partial charge in [0.05, 0.1) is 26.5 Å². The molecule has 7 nitrogen and oxygen atoms in total. The second-order valence-electron chi connectivity index (χ2n) is 10.2. The Bertz CT molecular complexity index is 920. The van der Waals surface area contributed by atoms with Crippen LogP contribution in [0.5, 0.6) is 0 Å². The summed E-state index contributed by atoms with van der Waals surface area (Å²) >= 11 is 0. The van der Waals surface area contributed by atoms with Gasteiger partial charge in [-0.2, -0.15) is 0 Å². The summed E-state index contributed by atoms with van der Waals surface area (Å²) in [5, 5.41) is 0. The van der Waals surface area contributed by atoms with Crippen LogP contribution in [0, 0.1) is 0 Å². The van der Waals surface area contributed by atoms with Crippen molar-refractivity contribution < 1.29 is 28.5 Å². The summed E-state index contributed by atoms with van der Waals surface area (Å²) in [6.45, 7) is 17.9. The summed E-state index contributed by atoms with van der Waals surface area (Å²) in [6, 6.07) is -0.768. The maximum atomic E-state index is 13.0. The Hall–Kier alpha value is -2.70. The van der Waals surface area contributed by atoms with E-state index in [1.807, 2.05) is 19.9 Å². The Kier molecular flexibility index (Phi) is 8.67. The third-order valence-electron chi connectivity index (χ3n) is 6.30. The third kappa shape index (κ3) is 6.24. The van der Waals surface area contributed by atoms with Crippen molar-refractivity contribution in [2.24, 2.45) is 0 Å². The van der Waals surface area contributed by atoms with Gasteiger partial charge in [0.1, 0.15) is 23.0 Å². The van der Waals surface area contributed by atoms with Gasteiger partial charge in [0.25, 0.3) is 0 Å². The van der Waals surface area contributed by atoms with Crippen molar-refractivity contribution in [3.05, 3.63) is 46.5 Å². The maximum Gasteiger partial charge on any atom is 0.411 e. The molecule has 2 aliphatic rings. The fourth-order valence-electron chi connectivity index (χ4n) is 4.38. The number of methoxy groups -OCH3 is 2. The van der Waals surface area contributed by atoms with Gasteiger partial charge >= 0.3 is 12.1 Å². The minimum Gasteiger partial charge on any atom is -0.501 e. The van der Waals surface area contributed by atoms with Gasteiger partial charge in [-0.25, -0.2) is 9.59 Å². The van der Waals surface area contributed by atoms with Crippen molar-refractivity contribution in [3.8, 4) is 0 Å². The molecule has 7 heteroatoms. The number of nitrogens with zero attached hydrogens (tertiary/aromatic N) is 1. The van der Waals surface area contributed by atoms with E-state index in [4.69, 9.17) is 18.9 Å². The second kappa shape index (κ2) is 10.7. The number of allylic oxidation sites excluding steroid dienone is 6. The van der Waals surface area contributed by atoms with Crippen LogP contribution in [0.15, 0.2) is 46.5 Å². The number of likely N-dealkylation sites (tertiary alicyclic amines) is 1. The normalized spacial score (nSPS) is 24.0. The molecule has 1 amide bonds. The number of hydrogen-bond acceptors (Lipinski definition) is 6. The van der Waals surface area contributed by atoms with Crippen molar-refractivity contribution in [1.82, 2.24) is 4.90 Å². The number of ether oxygens (including phenoxy) is 4. The van der Waals surface area contributed by atoms with E-state index >= 15 is 0 Å². The first kappa shape index (κ1) is 27.5. The standard InChI is InChI=1S/C27H41NO6/c1-11-18(4)21(14-19(5)31-9)20-12-13-27(33-23(20)17(2)3)15-22(24(29)32-10)28(16-27)25(30)34-26(6,7)8/h14,22H,2,11-13,15-16H2,1,3-10H3. The van der Waals surface area contributed by atoms with Gasteiger partial charge in [0.15, 0.2) is 0 Å². The molecule has 0 saturated carbocycles. The lowest BCUT2D eigenvalue weighted by molar-refractivity contribution is -0.145. The van der Waals surface area contributed by atoms with Crippen molar-refractivity contribution in [2.45, 2.75) is 91.4 Å². The predicted molar refractivity (Wildman–Crippen MR) is 132 cm³/mol. The number of carbonyl (C=O) groups is 2. The average Bonchev–Trinajstić information content (AvgIpc) is 3.14. The molecule has 2 rings (SSSR count). The SMILES string of the molecule is C=C(C)C1=C(C(C=C(C)OC)=C(C)CC)CCC2(CC(C(=O)OC)N(C(=O)OC(C)(C)C)C2)O1. The number of hydrogen-bond donors (Lipinski definition) is 0. The Balaban J connectivity index is 2.50. The lowest BCUT2D eigenvalue weighted by Crippen LogP contribution is -2.45. The van der Waals surface area contributed by atoms with E-state index < -0.39 is 29.3 Å². The second-order valence-corrected chi connectivity index (χ2v) is 10.2. The molecular weight excluding hydrogens is 434 g/mol. The molecule has 1 fully saturated rings. The molecule has 0 aromatic carbocycles. The zero-order valence-corrected chi connectivity index (χ0v) is 22.3. The van der Waals surface area contributed by atoms with Crippen molar-refractivity contribution in [3.63, 3.8) is 0 Å². The highest BCUT2D eigenvalue weighted by Gasteiger charge is 2.53. The lowest BCUT2D eigenvalue weighted by Gasteiger charge is -2.38. The van der Waals surface area contributed by atoms with Crippen LogP contribution >= 0.6 is 0 Å². The fraction of sp³-hybridized carbons (Fsp3) is 0.630.